The predicted octanol–water partition coefficient (Wildman–Crippen LogP) is 0.542. The number of nitrogens with one attached hydrogen (secondary N) is 1. The lowest BCUT2D eigenvalue weighted by Crippen LogP contribution is -2.23. The number of carbonyl (C=O) groups excluding carboxylic acids is 1. The van der Waals surface area contributed by atoms with Crippen LogP contribution in [-0.4, -0.2) is 18.7 Å². The van der Waals surface area contributed by atoms with Crippen LogP contribution in [0.4, 0.5) is 4.79 Å². The molecule has 1 amide bonds. The summed E-state index contributed by atoms with van der Waals surface area (Å²) in [5.74, 6) is 2.20. The van der Waals surface area contributed by atoms with E-state index in [0.717, 1.165) is 0 Å². The fraction of sp³-hybridized carbons (Fsp3) is 0.400. The van der Waals surface area contributed by atoms with Crippen LogP contribution in [0.1, 0.15) is 0 Å². The molecule has 0 heterocycles. The van der Waals surface area contributed by atoms with Gasteiger partial charge in [0.15, 0.2) is 6.07 Å². The van der Waals surface area contributed by atoms with Gasteiger partial charge in [0, 0.05) is 0 Å². The van der Waals surface area contributed by atoms with Crippen molar-refractivity contribution in [2.75, 3.05) is 12.6 Å². The van der Waals surface area contributed by atoms with Crippen molar-refractivity contribution in [2.24, 2.45) is 0 Å². The maximum atomic E-state index is 10.3. The average Bonchev–Trinajstić information content (AvgIpc) is 1.85. The topological polar surface area (TPSA) is 38.3 Å². The SMILES string of the molecule is C#CCNC(=O)OCCl. The highest BCUT2D eigenvalue weighted by atomic mass is 35.5. The van der Waals surface area contributed by atoms with Crippen LogP contribution in [0.3, 0.4) is 0 Å². The van der Waals surface area contributed by atoms with Crippen LogP contribution in [0.5, 0.6) is 0 Å². The van der Waals surface area contributed by atoms with E-state index in [4.69, 9.17) is 18.0 Å². The molecule has 50 valence electrons. The van der Waals surface area contributed by atoms with Crippen molar-refractivity contribution in [2.45, 2.75) is 0 Å². The number of alkyl halides is 1. The molecule has 0 aromatic rings. The Morgan fingerprint density at radius 2 is 2.56 bits per heavy atom. The first kappa shape index (κ1) is 8.12. The van der Waals surface area contributed by atoms with Gasteiger partial charge in [0.2, 0.25) is 0 Å². The van der Waals surface area contributed by atoms with Crippen molar-refractivity contribution in [1.29, 1.82) is 0 Å². The van der Waals surface area contributed by atoms with Crippen molar-refractivity contribution >= 4 is 17.7 Å². The monoisotopic (exact) mass is 147 g/mol. The Hall–Kier alpha value is -0.880. The standard InChI is InChI=1S/C5H6ClNO2/c1-2-3-7-5(8)9-4-6/h1H,3-4H2,(H,7,8). The summed E-state index contributed by atoms with van der Waals surface area (Å²) in [4.78, 5) is 10.3. The van der Waals surface area contributed by atoms with Crippen molar-refractivity contribution in [3.63, 3.8) is 0 Å². The van der Waals surface area contributed by atoms with Gasteiger partial charge in [-0.05, 0) is 0 Å². The lowest BCUT2D eigenvalue weighted by molar-refractivity contribution is 0.166. The zero-order chi connectivity index (χ0) is 7.11. The summed E-state index contributed by atoms with van der Waals surface area (Å²) in [6.45, 7) is 0.162. The van der Waals surface area contributed by atoms with E-state index in [1.165, 1.54) is 0 Å². The molecule has 0 saturated heterocycles. The van der Waals surface area contributed by atoms with E-state index in [1.807, 2.05) is 0 Å². The van der Waals surface area contributed by atoms with Crippen molar-refractivity contribution in [3.05, 3.63) is 0 Å². The Morgan fingerprint density at radius 3 is 3.00 bits per heavy atom. The predicted molar refractivity (Wildman–Crippen MR) is 34.0 cm³/mol. The molecule has 0 rings (SSSR count). The molecular weight excluding hydrogens is 142 g/mol. The number of ether oxygens (including phenoxy) is 1. The lowest BCUT2D eigenvalue weighted by atomic mass is 10.7. The van der Waals surface area contributed by atoms with Crippen LogP contribution in [-0.2, 0) is 4.74 Å². The summed E-state index contributed by atoms with van der Waals surface area (Å²) in [7, 11) is 0. The van der Waals surface area contributed by atoms with Gasteiger partial charge in [-0.15, -0.1) is 6.42 Å². The van der Waals surface area contributed by atoms with E-state index < -0.39 is 6.09 Å². The first-order chi connectivity index (χ1) is 4.31. The van der Waals surface area contributed by atoms with E-state index in [2.05, 4.69) is 16.0 Å². The van der Waals surface area contributed by atoms with Gasteiger partial charge in [-0.3, -0.25) is 0 Å². The number of amides is 1. The molecule has 1 N–H and O–H groups in total. The second-order valence-electron chi connectivity index (χ2n) is 1.10. The van der Waals surface area contributed by atoms with Gasteiger partial charge in [0.25, 0.3) is 0 Å². The number of terminal acetylenes is 1. The second-order valence-corrected chi connectivity index (χ2v) is 1.32. The number of hydrogen-bond acceptors (Lipinski definition) is 2. The zero-order valence-electron chi connectivity index (χ0n) is 4.69. The fourth-order valence-electron chi connectivity index (χ4n) is 0.224. The molecule has 0 fully saturated rings. The average molecular weight is 148 g/mol. The number of rotatable bonds is 2. The molecule has 0 saturated carbocycles. The van der Waals surface area contributed by atoms with E-state index in [-0.39, 0.29) is 12.6 Å². The maximum Gasteiger partial charge on any atom is 0.409 e. The van der Waals surface area contributed by atoms with Gasteiger partial charge in [-0.1, -0.05) is 17.5 Å². The number of carbonyl (C=O) groups is 1. The molecule has 0 aromatic carbocycles. The van der Waals surface area contributed by atoms with Crippen molar-refractivity contribution in [1.82, 2.24) is 5.32 Å². The third-order valence-corrected chi connectivity index (χ3v) is 0.630. The van der Waals surface area contributed by atoms with Gasteiger partial charge in [-0.2, -0.15) is 0 Å². The molecule has 0 aliphatic carbocycles. The summed E-state index contributed by atoms with van der Waals surface area (Å²) in [5, 5.41) is 2.25. The van der Waals surface area contributed by atoms with Gasteiger partial charge < -0.3 is 10.1 Å². The Morgan fingerprint density at radius 1 is 1.89 bits per heavy atom. The Balaban J connectivity index is 3.19. The van der Waals surface area contributed by atoms with Crippen LogP contribution >= 0.6 is 11.6 Å². The smallest absolute Gasteiger partial charge is 0.409 e. The van der Waals surface area contributed by atoms with Crippen LogP contribution in [0.15, 0.2) is 0 Å². The largest absolute Gasteiger partial charge is 0.433 e. The van der Waals surface area contributed by atoms with Crippen molar-refractivity contribution in [3.8, 4) is 12.3 Å². The molecule has 0 spiro atoms. The molecule has 3 nitrogen and oxygen atoms in total. The summed E-state index contributed by atoms with van der Waals surface area (Å²) < 4.78 is 4.26. The minimum Gasteiger partial charge on any atom is -0.433 e. The molecule has 0 atom stereocenters. The minimum atomic E-state index is -0.594. The molecule has 0 unspecified atom stereocenters. The molecule has 0 bridgehead atoms. The van der Waals surface area contributed by atoms with E-state index in [9.17, 15) is 4.79 Å². The van der Waals surface area contributed by atoms with Gasteiger partial charge in [-0.25, -0.2) is 4.79 Å². The lowest BCUT2D eigenvalue weighted by Gasteiger charge is -1.97. The highest BCUT2D eigenvalue weighted by Crippen LogP contribution is 1.78. The van der Waals surface area contributed by atoms with Gasteiger partial charge >= 0.3 is 6.09 Å². The molecular formula is C5H6ClNO2. The minimum absolute atomic E-state index is 0.156. The Labute approximate surface area is 58.3 Å². The van der Waals surface area contributed by atoms with Crippen LogP contribution < -0.4 is 5.32 Å². The number of hydrogen-bond donors (Lipinski definition) is 1. The zero-order valence-corrected chi connectivity index (χ0v) is 5.44. The summed E-state index contributed by atoms with van der Waals surface area (Å²) in [6.07, 6.45) is 4.23. The Kier molecular flexibility index (Phi) is 4.75. The van der Waals surface area contributed by atoms with Gasteiger partial charge in [0.05, 0.1) is 6.54 Å². The quantitative estimate of drug-likeness (QED) is 0.458. The molecule has 0 radical (unpaired) electrons. The highest BCUT2D eigenvalue weighted by molar-refractivity contribution is 6.17. The van der Waals surface area contributed by atoms with Gasteiger partial charge in [0.1, 0.15) is 0 Å². The molecule has 4 heteroatoms. The third kappa shape index (κ3) is 4.98. The Bertz CT molecular complexity index is 129. The molecule has 9 heavy (non-hydrogen) atoms. The number of halogens is 1. The van der Waals surface area contributed by atoms with Crippen LogP contribution in [0.25, 0.3) is 0 Å². The first-order valence-electron chi connectivity index (χ1n) is 2.21. The normalized spacial score (nSPS) is 7.56. The van der Waals surface area contributed by atoms with E-state index in [0.29, 0.717) is 0 Å². The summed E-state index contributed by atoms with van der Waals surface area (Å²) >= 11 is 5.04. The molecule has 0 aromatic heterocycles. The highest BCUT2D eigenvalue weighted by Gasteiger charge is 1.94. The van der Waals surface area contributed by atoms with Crippen LogP contribution in [0.2, 0.25) is 0 Å². The van der Waals surface area contributed by atoms with E-state index >= 15 is 0 Å². The molecule has 0 aliphatic heterocycles. The molecule has 0 aliphatic rings. The van der Waals surface area contributed by atoms with E-state index in [1.54, 1.807) is 0 Å². The summed E-state index contributed by atoms with van der Waals surface area (Å²) in [5.41, 5.74) is 0. The van der Waals surface area contributed by atoms with Crippen molar-refractivity contribution < 1.29 is 9.53 Å². The van der Waals surface area contributed by atoms with Crippen LogP contribution in [0, 0.1) is 12.3 Å². The summed E-state index contributed by atoms with van der Waals surface area (Å²) in [6, 6.07) is -0.156. The fourth-order valence-corrected chi connectivity index (χ4v) is 0.323. The number of alkyl carbamates (subject to hydrolysis) is 1. The third-order valence-electron chi connectivity index (χ3n) is 0.520. The first-order valence-corrected chi connectivity index (χ1v) is 2.74. The second kappa shape index (κ2) is 5.26. The maximum absolute atomic E-state index is 10.3.